The van der Waals surface area contributed by atoms with Gasteiger partial charge < -0.3 is 35.1 Å². The normalized spacial score (nSPS) is 16.6. The molecule has 3 heterocycles. The number of hydrogen-bond acceptors (Lipinski definition) is 8. The summed E-state index contributed by atoms with van der Waals surface area (Å²) in [5, 5.41) is 14.5. The van der Waals surface area contributed by atoms with Crippen LogP contribution in [0.5, 0.6) is 0 Å². The molecule has 1 aliphatic carbocycles. The zero-order chi connectivity index (χ0) is 26.4. The van der Waals surface area contributed by atoms with Crippen molar-refractivity contribution in [2.75, 3.05) is 76.1 Å². The van der Waals surface area contributed by atoms with Crippen LogP contribution in [0.25, 0.3) is 0 Å². The lowest BCUT2D eigenvalue weighted by atomic mass is 10.2. The minimum atomic E-state index is -0.0709. The van der Waals surface area contributed by atoms with Crippen LogP contribution in [0.1, 0.15) is 47.8 Å². The maximum absolute atomic E-state index is 12.9. The lowest BCUT2D eigenvalue weighted by Crippen LogP contribution is -2.47. The highest BCUT2D eigenvalue weighted by atomic mass is 16.5. The molecule has 0 aromatic carbocycles. The van der Waals surface area contributed by atoms with Crippen LogP contribution in [-0.2, 0) is 4.74 Å². The Balaban J connectivity index is 1.43. The average Bonchev–Trinajstić information content (AvgIpc) is 3.55. The summed E-state index contributed by atoms with van der Waals surface area (Å²) in [5.74, 6) is 1.86. The number of carbonyl (C=O) groups is 1. The van der Waals surface area contributed by atoms with E-state index >= 15 is 0 Å². The topological polar surface area (TPSA) is 102 Å². The third-order valence-electron chi connectivity index (χ3n) is 7.18. The standard InChI is InChI=1S/C27H40N8O2/c1-20(30-25-10-9-23(19-29-25)34-13-11-33(12-14-34)15-16-37-4)31-26-21(18-28)17-24(27(36)32(2)3)35(26)22-7-5-6-8-22/h9-10,17-19,22,28,31H,1,5-8,11-16H2,2-4H3,(H,29,30). The van der Waals surface area contributed by atoms with Crippen molar-refractivity contribution >= 4 is 29.4 Å². The van der Waals surface area contributed by atoms with Gasteiger partial charge in [-0.15, -0.1) is 0 Å². The van der Waals surface area contributed by atoms with E-state index in [0.29, 0.717) is 28.7 Å². The van der Waals surface area contributed by atoms with Crippen LogP contribution in [0, 0.1) is 5.41 Å². The number of methoxy groups -OCH3 is 1. The summed E-state index contributed by atoms with van der Waals surface area (Å²) < 4.78 is 7.25. The van der Waals surface area contributed by atoms with Gasteiger partial charge in [-0.05, 0) is 31.0 Å². The quantitative estimate of drug-likeness (QED) is 0.400. The summed E-state index contributed by atoms with van der Waals surface area (Å²) in [6.45, 7) is 9.83. The van der Waals surface area contributed by atoms with Crippen molar-refractivity contribution < 1.29 is 9.53 Å². The molecule has 0 bridgehead atoms. The van der Waals surface area contributed by atoms with E-state index < -0.39 is 0 Å². The number of nitrogens with zero attached hydrogens (tertiary/aromatic N) is 5. The molecule has 4 rings (SSSR count). The van der Waals surface area contributed by atoms with Crippen molar-refractivity contribution in [2.45, 2.75) is 31.7 Å². The molecule has 37 heavy (non-hydrogen) atoms. The summed E-state index contributed by atoms with van der Waals surface area (Å²) in [4.78, 5) is 23.9. The summed E-state index contributed by atoms with van der Waals surface area (Å²) in [7, 11) is 5.25. The van der Waals surface area contributed by atoms with Crippen molar-refractivity contribution in [1.82, 2.24) is 19.4 Å². The van der Waals surface area contributed by atoms with Gasteiger partial charge in [0.25, 0.3) is 5.91 Å². The Morgan fingerprint density at radius 1 is 1.22 bits per heavy atom. The number of nitrogens with one attached hydrogen (secondary N) is 3. The highest BCUT2D eigenvalue weighted by molar-refractivity contribution is 5.98. The highest BCUT2D eigenvalue weighted by Crippen LogP contribution is 2.36. The highest BCUT2D eigenvalue weighted by Gasteiger charge is 2.28. The van der Waals surface area contributed by atoms with Crippen LogP contribution >= 0.6 is 0 Å². The van der Waals surface area contributed by atoms with E-state index in [0.717, 1.165) is 70.7 Å². The molecule has 2 aliphatic rings. The minimum Gasteiger partial charge on any atom is -0.383 e. The van der Waals surface area contributed by atoms with Gasteiger partial charge in [-0.1, -0.05) is 19.4 Å². The first kappa shape index (κ1) is 26.7. The molecule has 1 saturated heterocycles. The molecule has 1 amide bonds. The zero-order valence-corrected chi connectivity index (χ0v) is 22.3. The number of aromatic nitrogens is 2. The van der Waals surface area contributed by atoms with Crippen LogP contribution in [0.4, 0.5) is 17.3 Å². The molecule has 200 valence electrons. The number of pyridine rings is 1. The predicted molar refractivity (Wildman–Crippen MR) is 149 cm³/mol. The first-order valence-electron chi connectivity index (χ1n) is 13.0. The SMILES string of the molecule is C=C(Nc1ccc(N2CCN(CCOC)CC2)cn1)Nc1c(C=N)cc(C(=O)N(C)C)n1C1CCCC1. The molecule has 1 aliphatic heterocycles. The molecule has 2 aromatic heterocycles. The fraction of sp³-hybridized carbons (Fsp3) is 0.519. The first-order chi connectivity index (χ1) is 17.9. The molecule has 0 unspecified atom stereocenters. The van der Waals surface area contributed by atoms with E-state index in [1.54, 1.807) is 32.2 Å². The number of hydrogen-bond donors (Lipinski definition) is 3. The molecule has 0 spiro atoms. The van der Waals surface area contributed by atoms with Crippen LogP contribution in [-0.4, -0.2) is 92.0 Å². The maximum atomic E-state index is 12.9. The van der Waals surface area contributed by atoms with Crippen molar-refractivity contribution in [3.63, 3.8) is 0 Å². The fourth-order valence-corrected chi connectivity index (χ4v) is 5.15. The van der Waals surface area contributed by atoms with Crippen LogP contribution in [0.15, 0.2) is 36.8 Å². The lowest BCUT2D eigenvalue weighted by Gasteiger charge is -2.35. The van der Waals surface area contributed by atoms with Crippen molar-refractivity contribution in [2.24, 2.45) is 0 Å². The Hall–Kier alpha value is -3.37. The molecule has 0 atom stereocenters. The van der Waals surface area contributed by atoms with E-state index in [9.17, 15) is 4.79 Å². The number of ether oxygens (including phenoxy) is 1. The second-order valence-electron chi connectivity index (χ2n) is 9.94. The Bertz CT molecular complexity index is 1080. The van der Waals surface area contributed by atoms with E-state index in [4.69, 9.17) is 10.1 Å². The third-order valence-corrected chi connectivity index (χ3v) is 7.18. The largest absolute Gasteiger partial charge is 0.383 e. The summed E-state index contributed by atoms with van der Waals surface area (Å²) in [6, 6.07) is 6.04. The number of anilines is 3. The Morgan fingerprint density at radius 3 is 2.54 bits per heavy atom. The Kier molecular flexibility index (Phi) is 8.83. The third kappa shape index (κ3) is 6.31. The maximum Gasteiger partial charge on any atom is 0.270 e. The van der Waals surface area contributed by atoms with Gasteiger partial charge in [-0.3, -0.25) is 9.69 Å². The van der Waals surface area contributed by atoms with E-state index in [2.05, 4.69) is 42.6 Å². The second kappa shape index (κ2) is 12.2. The van der Waals surface area contributed by atoms with E-state index in [1.165, 1.54) is 6.21 Å². The number of carbonyl (C=O) groups excluding carboxylic acids is 1. The van der Waals surface area contributed by atoms with Gasteiger partial charge in [0.15, 0.2) is 0 Å². The molecule has 0 radical (unpaired) electrons. The fourth-order valence-electron chi connectivity index (χ4n) is 5.15. The number of piperazine rings is 1. The number of rotatable bonds is 11. The molecule has 10 heteroatoms. The first-order valence-corrected chi connectivity index (χ1v) is 13.0. The second-order valence-corrected chi connectivity index (χ2v) is 9.94. The minimum absolute atomic E-state index is 0.0709. The molecule has 1 saturated carbocycles. The van der Waals surface area contributed by atoms with Gasteiger partial charge in [0.2, 0.25) is 0 Å². The van der Waals surface area contributed by atoms with Gasteiger partial charge in [0, 0.05) is 71.7 Å². The van der Waals surface area contributed by atoms with Crippen LogP contribution < -0.4 is 15.5 Å². The summed E-state index contributed by atoms with van der Waals surface area (Å²) in [5.41, 5.74) is 2.35. The Labute approximate surface area is 219 Å². The predicted octanol–water partition coefficient (Wildman–Crippen LogP) is 3.46. The van der Waals surface area contributed by atoms with Gasteiger partial charge in [0.1, 0.15) is 23.2 Å². The molecule has 2 aromatic rings. The van der Waals surface area contributed by atoms with Crippen LogP contribution in [0.3, 0.4) is 0 Å². The van der Waals surface area contributed by atoms with Crippen LogP contribution in [0.2, 0.25) is 0 Å². The Morgan fingerprint density at radius 2 is 1.95 bits per heavy atom. The molecular weight excluding hydrogens is 468 g/mol. The van der Waals surface area contributed by atoms with Gasteiger partial charge in [0.05, 0.1) is 18.5 Å². The summed E-state index contributed by atoms with van der Waals surface area (Å²) in [6.07, 6.45) is 7.47. The van der Waals surface area contributed by atoms with Crippen molar-refractivity contribution in [1.29, 1.82) is 5.41 Å². The number of amides is 1. The summed E-state index contributed by atoms with van der Waals surface area (Å²) >= 11 is 0. The van der Waals surface area contributed by atoms with Crippen molar-refractivity contribution in [3.8, 4) is 0 Å². The monoisotopic (exact) mass is 508 g/mol. The zero-order valence-electron chi connectivity index (χ0n) is 22.3. The molecule has 3 N–H and O–H groups in total. The molecule has 10 nitrogen and oxygen atoms in total. The van der Waals surface area contributed by atoms with Gasteiger partial charge >= 0.3 is 0 Å². The molecule has 2 fully saturated rings. The van der Waals surface area contributed by atoms with E-state index in [1.807, 2.05) is 12.3 Å². The smallest absolute Gasteiger partial charge is 0.270 e. The van der Waals surface area contributed by atoms with Gasteiger partial charge in [-0.2, -0.15) is 0 Å². The van der Waals surface area contributed by atoms with Crippen molar-refractivity contribution in [3.05, 3.63) is 48.1 Å². The molecular formula is C27H40N8O2. The van der Waals surface area contributed by atoms with Gasteiger partial charge in [-0.25, -0.2) is 4.98 Å². The van der Waals surface area contributed by atoms with E-state index in [-0.39, 0.29) is 11.9 Å². The average molecular weight is 509 g/mol. The lowest BCUT2D eigenvalue weighted by molar-refractivity contribution is 0.0815.